The number of rotatable bonds is 3. The van der Waals surface area contributed by atoms with Crippen molar-refractivity contribution >= 4 is 5.97 Å². The van der Waals surface area contributed by atoms with Crippen LogP contribution in [0.5, 0.6) is 0 Å². The van der Waals surface area contributed by atoms with Crippen molar-refractivity contribution in [2.75, 3.05) is 19.8 Å². The van der Waals surface area contributed by atoms with Crippen LogP contribution in [0.1, 0.15) is 11.3 Å². The van der Waals surface area contributed by atoms with Gasteiger partial charge >= 0.3 is 5.97 Å². The summed E-state index contributed by atoms with van der Waals surface area (Å²) in [5.74, 6) is -0.885. The standard InChI is InChI=1S/C12H13N3O3/c13-6-10-5-9(1-2-14-10)7-15-3-4-18-8-11(15)12(16)17/h1-2,5,11H,3-4,7-8H2,(H,16,17). The predicted octanol–water partition coefficient (Wildman–Crippen LogP) is 0.239. The molecule has 1 aliphatic heterocycles. The highest BCUT2D eigenvalue weighted by molar-refractivity contribution is 5.73. The number of hydrogen-bond acceptors (Lipinski definition) is 5. The molecule has 1 aromatic rings. The second kappa shape index (κ2) is 5.58. The van der Waals surface area contributed by atoms with Gasteiger partial charge in [-0.3, -0.25) is 9.69 Å². The molecule has 0 spiro atoms. The summed E-state index contributed by atoms with van der Waals surface area (Å²) in [7, 11) is 0. The molecule has 18 heavy (non-hydrogen) atoms. The van der Waals surface area contributed by atoms with E-state index in [1.165, 1.54) is 0 Å². The summed E-state index contributed by atoms with van der Waals surface area (Å²) in [5, 5.41) is 17.9. The maximum absolute atomic E-state index is 11.1. The second-order valence-electron chi connectivity index (χ2n) is 4.06. The van der Waals surface area contributed by atoms with E-state index >= 15 is 0 Å². The fourth-order valence-electron chi connectivity index (χ4n) is 1.92. The molecule has 1 aromatic heterocycles. The van der Waals surface area contributed by atoms with Gasteiger partial charge in [-0.25, -0.2) is 4.98 Å². The monoisotopic (exact) mass is 247 g/mol. The zero-order valence-electron chi connectivity index (χ0n) is 9.74. The Bertz CT molecular complexity index is 484. The molecule has 94 valence electrons. The van der Waals surface area contributed by atoms with Gasteiger partial charge in [0.2, 0.25) is 0 Å². The number of aromatic nitrogens is 1. The van der Waals surface area contributed by atoms with Crippen LogP contribution in [0, 0.1) is 11.3 Å². The molecular weight excluding hydrogens is 234 g/mol. The number of hydrogen-bond donors (Lipinski definition) is 1. The van der Waals surface area contributed by atoms with Gasteiger partial charge in [0.1, 0.15) is 17.8 Å². The number of ether oxygens (including phenoxy) is 1. The smallest absolute Gasteiger partial charge is 0.323 e. The van der Waals surface area contributed by atoms with Gasteiger partial charge in [-0.15, -0.1) is 0 Å². The van der Waals surface area contributed by atoms with Gasteiger partial charge < -0.3 is 9.84 Å². The maximum Gasteiger partial charge on any atom is 0.323 e. The van der Waals surface area contributed by atoms with Crippen molar-refractivity contribution in [2.24, 2.45) is 0 Å². The molecule has 6 nitrogen and oxygen atoms in total. The minimum Gasteiger partial charge on any atom is -0.480 e. The number of nitrogens with zero attached hydrogens (tertiary/aromatic N) is 3. The second-order valence-corrected chi connectivity index (χ2v) is 4.06. The van der Waals surface area contributed by atoms with Crippen molar-refractivity contribution in [1.29, 1.82) is 5.26 Å². The maximum atomic E-state index is 11.1. The Balaban J connectivity index is 2.11. The molecule has 6 heteroatoms. The average molecular weight is 247 g/mol. The van der Waals surface area contributed by atoms with Gasteiger partial charge in [0.25, 0.3) is 0 Å². The van der Waals surface area contributed by atoms with Crippen LogP contribution in [0.2, 0.25) is 0 Å². The molecule has 0 bridgehead atoms. The van der Waals surface area contributed by atoms with E-state index in [0.29, 0.717) is 25.4 Å². The van der Waals surface area contributed by atoms with Crippen LogP contribution in [0.3, 0.4) is 0 Å². The lowest BCUT2D eigenvalue weighted by Crippen LogP contribution is -2.49. The highest BCUT2D eigenvalue weighted by atomic mass is 16.5. The molecule has 1 saturated heterocycles. The van der Waals surface area contributed by atoms with Crippen LogP contribution in [0.25, 0.3) is 0 Å². The number of carboxylic acid groups (broad SMARTS) is 1. The van der Waals surface area contributed by atoms with E-state index in [4.69, 9.17) is 15.1 Å². The number of nitriles is 1. The zero-order chi connectivity index (χ0) is 13.0. The fourth-order valence-corrected chi connectivity index (χ4v) is 1.92. The van der Waals surface area contributed by atoms with Gasteiger partial charge in [0, 0.05) is 19.3 Å². The van der Waals surface area contributed by atoms with E-state index in [9.17, 15) is 4.79 Å². The number of carboxylic acids is 1. The number of pyridine rings is 1. The van der Waals surface area contributed by atoms with Crippen molar-refractivity contribution in [3.63, 3.8) is 0 Å². The SMILES string of the molecule is N#Cc1cc(CN2CCOCC2C(=O)O)ccn1. The van der Waals surface area contributed by atoms with Gasteiger partial charge in [-0.05, 0) is 17.7 Å². The molecule has 1 N–H and O–H groups in total. The van der Waals surface area contributed by atoms with E-state index in [2.05, 4.69) is 4.98 Å². The van der Waals surface area contributed by atoms with Crippen molar-refractivity contribution in [2.45, 2.75) is 12.6 Å². The molecule has 2 heterocycles. The highest BCUT2D eigenvalue weighted by Gasteiger charge is 2.28. The van der Waals surface area contributed by atoms with Crippen LogP contribution in [0.4, 0.5) is 0 Å². The molecule has 1 atom stereocenters. The Kier molecular flexibility index (Phi) is 3.87. The lowest BCUT2D eigenvalue weighted by atomic mass is 10.1. The lowest BCUT2D eigenvalue weighted by molar-refractivity contribution is -0.150. The molecule has 0 aliphatic carbocycles. The number of morpholine rings is 1. The van der Waals surface area contributed by atoms with Crippen LogP contribution in [-0.2, 0) is 16.1 Å². The third-order valence-electron chi connectivity index (χ3n) is 2.85. The van der Waals surface area contributed by atoms with Crippen molar-refractivity contribution in [3.8, 4) is 6.07 Å². The van der Waals surface area contributed by atoms with Gasteiger partial charge in [-0.2, -0.15) is 5.26 Å². The molecule has 1 unspecified atom stereocenters. The highest BCUT2D eigenvalue weighted by Crippen LogP contribution is 2.13. The summed E-state index contributed by atoms with van der Waals surface area (Å²) in [5.41, 5.74) is 1.22. The number of carbonyl (C=O) groups is 1. The van der Waals surface area contributed by atoms with E-state index in [1.54, 1.807) is 18.3 Å². The van der Waals surface area contributed by atoms with Crippen molar-refractivity contribution < 1.29 is 14.6 Å². The fraction of sp³-hybridized carbons (Fsp3) is 0.417. The van der Waals surface area contributed by atoms with Crippen molar-refractivity contribution in [3.05, 3.63) is 29.6 Å². The Hall–Kier alpha value is -1.97. The summed E-state index contributed by atoms with van der Waals surface area (Å²) >= 11 is 0. The lowest BCUT2D eigenvalue weighted by Gasteiger charge is -2.32. The number of aliphatic carboxylic acids is 1. The molecule has 2 rings (SSSR count). The van der Waals surface area contributed by atoms with Gasteiger partial charge in [0.05, 0.1) is 13.2 Å². The predicted molar refractivity (Wildman–Crippen MR) is 61.6 cm³/mol. The largest absolute Gasteiger partial charge is 0.480 e. The Morgan fingerprint density at radius 3 is 3.28 bits per heavy atom. The van der Waals surface area contributed by atoms with Crippen molar-refractivity contribution in [1.82, 2.24) is 9.88 Å². The van der Waals surface area contributed by atoms with Crippen LogP contribution in [0.15, 0.2) is 18.3 Å². The first kappa shape index (κ1) is 12.5. The van der Waals surface area contributed by atoms with E-state index in [1.807, 2.05) is 11.0 Å². The Morgan fingerprint density at radius 1 is 1.72 bits per heavy atom. The summed E-state index contributed by atoms with van der Waals surface area (Å²) in [6.45, 7) is 1.78. The summed E-state index contributed by atoms with van der Waals surface area (Å²) in [6.07, 6.45) is 1.56. The molecule has 1 fully saturated rings. The third kappa shape index (κ3) is 2.83. The Labute approximate surface area is 104 Å². The van der Waals surface area contributed by atoms with Crippen LogP contribution >= 0.6 is 0 Å². The average Bonchev–Trinajstić information content (AvgIpc) is 2.39. The molecule has 0 amide bonds. The first-order chi connectivity index (χ1) is 8.70. The Morgan fingerprint density at radius 2 is 2.56 bits per heavy atom. The first-order valence-electron chi connectivity index (χ1n) is 5.60. The molecule has 0 aromatic carbocycles. The molecular formula is C12H13N3O3. The van der Waals surface area contributed by atoms with E-state index in [-0.39, 0.29) is 6.61 Å². The van der Waals surface area contributed by atoms with E-state index in [0.717, 1.165) is 5.56 Å². The topological polar surface area (TPSA) is 86.5 Å². The summed E-state index contributed by atoms with van der Waals surface area (Å²) in [6, 6.07) is 4.80. The van der Waals surface area contributed by atoms with Crippen LogP contribution in [-0.4, -0.2) is 46.8 Å². The zero-order valence-corrected chi connectivity index (χ0v) is 9.74. The minimum atomic E-state index is -0.885. The van der Waals surface area contributed by atoms with Crippen LogP contribution < -0.4 is 0 Å². The van der Waals surface area contributed by atoms with Gasteiger partial charge in [0.15, 0.2) is 0 Å². The first-order valence-corrected chi connectivity index (χ1v) is 5.60. The summed E-state index contributed by atoms with van der Waals surface area (Å²) in [4.78, 5) is 16.8. The quantitative estimate of drug-likeness (QED) is 0.823. The molecule has 0 radical (unpaired) electrons. The van der Waals surface area contributed by atoms with E-state index < -0.39 is 12.0 Å². The van der Waals surface area contributed by atoms with Gasteiger partial charge in [-0.1, -0.05) is 0 Å². The summed E-state index contributed by atoms with van der Waals surface area (Å²) < 4.78 is 5.17. The normalized spacial score (nSPS) is 20.3. The molecule has 0 saturated carbocycles. The third-order valence-corrected chi connectivity index (χ3v) is 2.85. The minimum absolute atomic E-state index is 0.200. The molecule has 1 aliphatic rings.